The summed E-state index contributed by atoms with van der Waals surface area (Å²) in [4.78, 5) is 0. The predicted octanol–water partition coefficient (Wildman–Crippen LogP) is 5.11. The van der Waals surface area contributed by atoms with Crippen LogP contribution >= 0.6 is 15.9 Å². The van der Waals surface area contributed by atoms with Crippen molar-refractivity contribution in [3.8, 4) is 0 Å². The average Bonchev–Trinajstić information content (AvgIpc) is 2.39. The van der Waals surface area contributed by atoms with E-state index in [1.165, 1.54) is 55.1 Å². The van der Waals surface area contributed by atoms with Crippen molar-refractivity contribution < 1.29 is 0 Å². The van der Waals surface area contributed by atoms with E-state index in [4.69, 9.17) is 0 Å². The van der Waals surface area contributed by atoms with Gasteiger partial charge in [0.1, 0.15) is 0 Å². The molecule has 2 heteroatoms. The zero-order valence-electron chi connectivity index (χ0n) is 12.4. The minimum Gasteiger partial charge on any atom is -0.314 e. The van der Waals surface area contributed by atoms with Gasteiger partial charge in [0.05, 0.1) is 0 Å². The fraction of sp³-hybridized carbons (Fsp3) is 0.667. The van der Waals surface area contributed by atoms with Gasteiger partial charge in [0.25, 0.3) is 0 Å². The highest BCUT2D eigenvalue weighted by Crippen LogP contribution is 2.38. The first-order valence-corrected chi connectivity index (χ1v) is 9.00. The third kappa shape index (κ3) is 3.46. The summed E-state index contributed by atoms with van der Waals surface area (Å²) < 4.78 is 1.21. The normalized spacial score (nSPS) is 33.7. The van der Waals surface area contributed by atoms with E-state index in [-0.39, 0.29) is 0 Å². The van der Waals surface area contributed by atoms with Gasteiger partial charge in [0, 0.05) is 10.5 Å². The first-order valence-electron chi connectivity index (χ1n) is 8.21. The van der Waals surface area contributed by atoms with Gasteiger partial charge in [-0.3, -0.25) is 0 Å². The van der Waals surface area contributed by atoms with Crippen molar-refractivity contribution in [2.45, 2.75) is 57.4 Å². The molecule has 0 aromatic heterocycles. The second kappa shape index (κ2) is 6.62. The quantitative estimate of drug-likeness (QED) is 0.805. The smallest absolute Gasteiger partial charge is 0.0178 e. The number of benzene rings is 1. The molecule has 0 radical (unpaired) electrons. The molecule has 2 unspecified atom stereocenters. The monoisotopic (exact) mass is 335 g/mol. The third-order valence-electron chi connectivity index (χ3n) is 5.42. The molecule has 2 saturated carbocycles. The van der Waals surface area contributed by atoms with E-state index in [0.717, 1.165) is 23.8 Å². The van der Waals surface area contributed by atoms with Crippen molar-refractivity contribution in [1.29, 1.82) is 0 Å². The Morgan fingerprint density at radius 2 is 2.00 bits per heavy atom. The SMILES string of the molecule is CC1CCCCC1CNC1CC(c2cccc(Br)c2)C1. The summed E-state index contributed by atoms with van der Waals surface area (Å²) in [6.07, 6.45) is 8.41. The molecular formula is C18H26BrN. The molecule has 1 aromatic carbocycles. The van der Waals surface area contributed by atoms with E-state index >= 15 is 0 Å². The van der Waals surface area contributed by atoms with Crippen LogP contribution in [-0.4, -0.2) is 12.6 Å². The molecule has 20 heavy (non-hydrogen) atoms. The zero-order chi connectivity index (χ0) is 13.9. The van der Waals surface area contributed by atoms with Crippen molar-refractivity contribution in [3.63, 3.8) is 0 Å². The van der Waals surface area contributed by atoms with Crippen LogP contribution in [0.3, 0.4) is 0 Å². The minimum atomic E-state index is 0.758. The van der Waals surface area contributed by atoms with E-state index in [9.17, 15) is 0 Å². The zero-order valence-corrected chi connectivity index (χ0v) is 14.0. The van der Waals surface area contributed by atoms with Crippen molar-refractivity contribution in [1.82, 2.24) is 5.32 Å². The maximum absolute atomic E-state index is 3.82. The molecule has 0 aliphatic heterocycles. The molecule has 0 bridgehead atoms. The van der Waals surface area contributed by atoms with E-state index in [2.05, 4.69) is 52.4 Å². The largest absolute Gasteiger partial charge is 0.314 e. The maximum Gasteiger partial charge on any atom is 0.0178 e. The predicted molar refractivity (Wildman–Crippen MR) is 89.0 cm³/mol. The van der Waals surface area contributed by atoms with Crippen molar-refractivity contribution in [3.05, 3.63) is 34.3 Å². The molecule has 1 nitrogen and oxygen atoms in total. The number of nitrogens with one attached hydrogen (secondary N) is 1. The van der Waals surface area contributed by atoms with E-state index in [1.807, 2.05) is 0 Å². The average molecular weight is 336 g/mol. The van der Waals surface area contributed by atoms with Crippen LogP contribution in [0.2, 0.25) is 0 Å². The molecule has 1 N–H and O–H groups in total. The van der Waals surface area contributed by atoms with Gasteiger partial charge in [-0.15, -0.1) is 0 Å². The van der Waals surface area contributed by atoms with Crippen LogP contribution in [0.5, 0.6) is 0 Å². The lowest BCUT2D eigenvalue weighted by atomic mass is 9.75. The standard InChI is InChI=1S/C18H26BrN/c1-13-5-2-3-6-15(13)12-20-18-10-16(11-18)14-7-4-8-17(19)9-14/h4,7-9,13,15-16,18,20H,2-3,5-6,10-12H2,1H3. The van der Waals surface area contributed by atoms with Gasteiger partial charge in [0.15, 0.2) is 0 Å². The Morgan fingerprint density at radius 1 is 1.20 bits per heavy atom. The summed E-state index contributed by atoms with van der Waals surface area (Å²) in [5.74, 6) is 2.62. The fourth-order valence-electron chi connectivity index (χ4n) is 3.83. The molecule has 0 spiro atoms. The van der Waals surface area contributed by atoms with Crippen molar-refractivity contribution in [2.75, 3.05) is 6.54 Å². The molecule has 110 valence electrons. The van der Waals surface area contributed by atoms with Crippen LogP contribution in [0.25, 0.3) is 0 Å². The van der Waals surface area contributed by atoms with Crippen molar-refractivity contribution >= 4 is 15.9 Å². The summed E-state index contributed by atoms with van der Waals surface area (Å²) in [7, 11) is 0. The minimum absolute atomic E-state index is 0.758. The first-order chi connectivity index (χ1) is 9.72. The highest BCUT2D eigenvalue weighted by atomic mass is 79.9. The Morgan fingerprint density at radius 3 is 2.75 bits per heavy atom. The molecule has 2 fully saturated rings. The fourth-order valence-corrected chi connectivity index (χ4v) is 4.25. The van der Waals surface area contributed by atoms with Gasteiger partial charge in [0.2, 0.25) is 0 Å². The Hall–Kier alpha value is -0.340. The van der Waals surface area contributed by atoms with Gasteiger partial charge in [-0.05, 0) is 61.3 Å². The lowest BCUT2D eigenvalue weighted by Gasteiger charge is -2.38. The number of hydrogen-bond donors (Lipinski definition) is 1. The van der Waals surface area contributed by atoms with Crippen LogP contribution in [0.15, 0.2) is 28.7 Å². The van der Waals surface area contributed by atoms with E-state index in [0.29, 0.717) is 0 Å². The van der Waals surface area contributed by atoms with Crippen LogP contribution in [0.1, 0.15) is 56.9 Å². The van der Waals surface area contributed by atoms with Crippen LogP contribution in [0, 0.1) is 11.8 Å². The van der Waals surface area contributed by atoms with Crippen LogP contribution < -0.4 is 5.32 Å². The summed E-state index contributed by atoms with van der Waals surface area (Å²) >= 11 is 3.57. The Kier molecular flexibility index (Phi) is 4.83. The van der Waals surface area contributed by atoms with Gasteiger partial charge in [-0.1, -0.05) is 54.2 Å². The molecule has 3 rings (SSSR count). The second-order valence-electron chi connectivity index (χ2n) is 6.85. The lowest BCUT2D eigenvalue weighted by Crippen LogP contribution is -2.43. The molecule has 0 amide bonds. The highest BCUT2D eigenvalue weighted by Gasteiger charge is 2.31. The van der Waals surface area contributed by atoms with Gasteiger partial charge in [-0.2, -0.15) is 0 Å². The Bertz CT molecular complexity index is 439. The summed E-state index contributed by atoms with van der Waals surface area (Å²) in [6.45, 7) is 3.69. The molecule has 2 aliphatic carbocycles. The van der Waals surface area contributed by atoms with Crippen LogP contribution in [0.4, 0.5) is 0 Å². The second-order valence-corrected chi connectivity index (χ2v) is 7.77. The van der Waals surface area contributed by atoms with Gasteiger partial charge < -0.3 is 5.32 Å². The first kappa shape index (κ1) is 14.6. The number of halogens is 1. The molecule has 1 aromatic rings. The number of rotatable bonds is 4. The van der Waals surface area contributed by atoms with E-state index in [1.54, 1.807) is 0 Å². The van der Waals surface area contributed by atoms with Gasteiger partial charge >= 0.3 is 0 Å². The number of hydrogen-bond acceptors (Lipinski definition) is 1. The van der Waals surface area contributed by atoms with Gasteiger partial charge in [-0.25, -0.2) is 0 Å². The Labute approximate surface area is 131 Å². The highest BCUT2D eigenvalue weighted by molar-refractivity contribution is 9.10. The Balaban J connectivity index is 1.42. The van der Waals surface area contributed by atoms with Crippen molar-refractivity contribution in [2.24, 2.45) is 11.8 Å². The summed E-state index contributed by atoms with van der Waals surface area (Å²) in [5.41, 5.74) is 1.50. The third-order valence-corrected chi connectivity index (χ3v) is 5.91. The topological polar surface area (TPSA) is 12.0 Å². The molecule has 0 heterocycles. The van der Waals surface area contributed by atoms with Crippen LogP contribution in [-0.2, 0) is 0 Å². The molecule has 2 aliphatic rings. The lowest BCUT2D eigenvalue weighted by molar-refractivity contribution is 0.213. The molecule has 2 atom stereocenters. The summed E-state index contributed by atoms with van der Waals surface area (Å²) in [5, 5.41) is 3.82. The summed E-state index contributed by atoms with van der Waals surface area (Å²) in [6, 6.07) is 9.58. The molecular weight excluding hydrogens is 310 g/mol. The van der Waals surface area contributed by atoms with E-state index < -0.39 is 0 Å². The maximum atomic E-state index is 3.82. The molecule has 0 saturated heterocycles.